The van der Waals surface area contributed by atoms with Crippen molar-refractivity contribution in [2.45, 2.75) is 142 Å². The zero-order chi connectivity index (χ0) is 40.4. The molecule has 0 spiro atoms. The van der Waals surface area contributed by atoms with Crippen LogP contribution >= 0.6 is 0 Å². The van der Waals surface area contributed by atoms with Gasteiger partial charge in [0.25, 0.3) is 5.79 Å². The number of carboxylic acids is 1. The Labute approximate surface area is 305 Å². The van der Waals surface area contributed by atoms with E-state index < -0.39 is 173 Å². The topological polar surface area (TPSA) is 414 Å². The highest BCUT2D eigenvalue weighted by molar-refractivity contribution is 5.76. The van der Waals surface area contributed by atoms with Crippen LogP contribution in [0, 0.1) is 0 Å². The minimum atomic E-state index is -2.90. The molecule has 4 fully saturated rings. The third-order valence-electron chi connectivity index (χ3n) is 9.58. The lowest BCUT2D eigenvalue weighted by atomic mass is 9.88. The smallest absolute Gasteiger partial charge is 0.364 e. The Kier molecular flexibility index (Phi) is 15.4. The van der Waals surface area contributed by atoms with E-state index in [1.807, 2.05) is 0 Å². The third-order valence-corrected chi connectivity index (χ3v) is 9.58. The summed E-state index contributed by atoms with van der Waals surface area (Å²) in [4.78, 5) is 24.3. The van der Waals surface area contributed by atoms with Crippen molar-refractivity contribution >= 4 is 11.9 Å². The first kappa shape index (κ1) is 44.8. The fraction of sp³-hybridized carbons (Fsp3) is 0.931. The van der Waals surface area contributed by atoms with Crippen molar-refractivity contribution in [1.29, 1.82) is 0 Å². The molecule has 1 amide bonds. The number of aliphatic hydroxyl groups is 14. The van der Waals surface area contributed by atoms with Crippen LogP contribution in [0.1, 0.15) is 13.3 Å². The second kappa shape index (κ2) is 18.6. The van der Waals surface area contributed by atoms with Gasteiger partial charge < -0.3 is 115 Å². The lowest BCUT2D eigenvalue weighted by Crippen LogP contribution is -2.68. The summed E-state index contributed by atoms with van der Waals surface area (Å²) in [7, 11) is 0. The zero-order valence-corrected chi connectivity index (χ0v) is 28.5. The normalized spacial score (nSPS) is 47.1. The minimum absolute atomic E-state index is 0.750. The summed E-state index contributed by atoms with van der Waals surface area (Å²) in [6, 6.07) is -1.53. The molecular weight excluding hydrogens is 746 g/mol. The molecule has 4 heterocycles. The Bertz CT molecular complexity index is 1230. The van der Waals surface area contributed by atoms with Crippen LogP contribution in [0.3, 0.4) is 0 Å². The van der Waals surface area contributed by atoms with Gasteiger partial charge in [-0.05, 0) is 0 Å². The van der Waals surface area contributed by atoms with E-state index in [1.54, 1.807) is 0 Å². The van der Waals surface area contributed by atoms with Crippen LogP contribution in [0.5, 0.6) is 0 Å². The monoisotopic (exact) mass is 795 g/mol. The van der Waals surface area contributed by atoms with Crippen molar-refractivity contribution in [2.24, 2.45) is 0 Å². The molecule has 0 aromatic carbocycles. The summed E-state index contributed by atoms with van der Waals surface area (Å²) < 4.78 is 38.0. The SMILES string of the molecule is CC(=O)N[C@H]1[C@H]([C@H](O)[C@H](O)CO)O[C@@](OC[C@H]2O[C@H](O[C@@H]3[C@H](O)[C@@H](O)[C@H](O[C@H]4[C@H](O)[C@@H](O)[C@H](O)O[C@@H]4CO)O[C@@H]3CO)[C@H](O)[C@@H](O)[C@H]2O)(C(=O)O)C[C@@H]1O. The summed E-state index contributed by atoms with van der Waals surface area (Å²) in [6.07, 6.45) is -37.3. The molecule has 4 aliphatic heterocycles. The van der Waals surface area contributed by atoms with Crippen molar-refractivity contribution < 1.29 is 119 Å². The number of aliphatic hydroxyl groups excluding tert-OH is 14. The maximum Gasteiger partial charge on any atom is 0.364 e. The van der Waals surface area contributed by atoms with Gasteiger partial charge in [0.1, 0.15) is 91.6 Å². The van der Waals surface area contributed by atoms with Crippen LogP contribution in [-0.2, 0) is 42.7 Å². The highest BCUT2D eigenvalue weighted by Crippen LogP contribution is 2.36. The second-order valence-corrected chi connectivity index (χ2v) is 13.3. The maximum atomic E-state index is 12.5. The highest BCUT2D eigenvalue weighted by Gasteiger charge is 2.58. The Morgan fingerprint density at radius 2 is 1.26 bits per heavy atom. The molecule has 21 atom stereocenters. The predicted molar refractivity (Wildman–Crippen MR) is 163 cm³/mol. The van der Waals surface area contributed by atoms with E-state index >= 15 is 0 Å². The molecule has 4 saturated heterocycles. The van der Waals surface area contributed by atoms with Gasteiger partial charge in [0.2, 0.25) is 5.91 Å². The number of amides is 1. The Morgan fingerprint density at radius 1 is 0.741 bits per heavy atom. The van der Waals surface area contributed by atoms with Crippen LogP contribution in [-0.4, -0.2) is 243 Å². The molecule has 314 valence electrons. The third kappa shape index (κ3) is 9.28. The fourth-order valence-corrected chi connectivity index (χ4v) is 6.54. The van der Waals surface area contributed by atoms with E-state index in [2.05, 4.69) is 5.32 Å². The largest absolute Gasteiger partial charge is 0.477 e. The molecule has 0 unspecified atom stereocenters. The average molecular weight is 796 g/mol. The number of ether oxygens (including phenoxy) is 7. The lowest BCUT2D eigenvalue weighted by molar-refractivity contribution is -0.381. The number of hydrogen-bond donors (Lipinski definition) is 16. The lowest BCUT2D eigenvalue weighted by Gasteiger charge is -2.48. The van der Waals surface area contributed by atoms with Crippen LogP contribution in [0.4, 0.5) is 0 Å². The zero-order valence-electron chi connectivity index (χ0n) is 28.5. The van der Waals surface area contributed by atoms with Crippen LogP contribution in [0.25, 0.3) is 0 Å². The van der Waals surface area contributed by atoms with Crippen molar-refractivity contribution in [2.75, 3.05) is 26.4 Å². The van der Waals surface area contributed by atoms with E-state index in [9.17, 15) is 86.2 Å². The van der Waals surface area contributed by atoms with E-state index in [4.69, 9.17) is 33.2 Å². The Morgan fingerprint density at radius 3 is 1.78 bits per heavy atom. The molecule has 0 aromatic heterocycles. The van der Waals surface area contributed by atoms with Gasteiger partial charge in [0.05, 0.1) is 38.6 Å². The van der Waals surface area contributed by atoms with E-state index in [0.29, 0.717) is 0 Å². The molecule has 0 radical (unpaired) electrons. The maximum absolute atomic E-state index is 12.5. The molecular formula is C29H49NO24. The summed E-state index contributed by atoms with van der Waals surface area (Å²) in [5.41, 5.74) is 0. The number of carbonyl (C=O) groups is 2. The molecule has 0 aliphatic carbocycles. The average Bonchev–Trinajstić information content (AvgIpc) is 3.13. The van der Waals surface area contributed by atoms with Crippen molar-refractivity contribution in [3.8, 4) is 0 Å². The number of hydrogen-bond acceptors (Lipinski definition) is 23. The van der Waals surface area contributed by atoms with Crippen molar-refractivity contribution in [3.63, 3.8) is 0 Å². The first-order valence-corrected chi connectivity index (χ1v) is 16.7. The van der Waals surface area contributed by atoms with Gasteiger partial charge in [0, 0.05) is 13.3 Å². The van der Waals surface area contributed by atoms with Gasteiger partial charge in [0.15, 0.2) is 18.9 Å². The number of rotatable bonds is 14. The van der Waals surface area contributed by atoms with Crippen molar-refractivity contribution in [3.05, 3.63) is 0 Å². The van der Waals surface area contributed by atoms with Gasteiger partial charge in [-0.1, -0.05) is 0 Å². The minimum Gasteiger partial charge on any atom is -0.477 e. The molecule has 4 aliphatic rings. The Balaban J connectivity index is 1.49. The second-order valence-electron chi connectivity index (χ2n) is 13.3. The number of nitrogens with one attached hydrogen (secondary N) is 1. The summed E-state index contributed by atoms with van der Waals surface area (Å²) in [5.74, 6) is -5.57. The summed E-state index contributed by atoms with van der Waals surface area (Å²) >= 11 is 0. The first-order valence-electron chi connectivity index (χ1n) is 16.7. The van der Waals surface area contributed by atoms with E-state index in [1.165, 1.54) is 0 Å². The van der Waals surface area contributed by atoms with Crippen LogP contribution in [0.15, 0.2) is 0 Å². The summed E-state index contributed by atoms with van der Waals surface area (Å²) in [5, 5.41) is 157. The molecule has 25 heteroatoms. The van der Waals surface area contributed by atoms with Crippen LogP contribution < -0.4 is 5.32 Å². The predicted octanol–water partition coefficient (Wildman–Crippen LogP) is -10.4. The van der Waals surface area contributed by atoms with Gasteiger partial charge in [-0.15, -0.1) is 0 Å². The fourth-order valence-electron chi connectivity index (χ4n) is 6.54. The van der Waals surface area contributed by atoms with Crippen molar-refractivity contribution in [1.82, 2.24) is 5.32 Å². The van der Waals surface area contributed by atoms with E-state index in [0.717, 1.165) is 6.92 Å². The standard InChI is InChI=1S/C29H49NO24/c1-7(34)30-13-8(35)2-29(28(46)47,54-24(13)14(37)9(36)3-31)48-6-12-15(38)16(39)20(43)26(51-12)53-23-11(5-33)50-27(21(44)18(23)41)52-22-10(4-32)49-25(45)19(42)17(22)40/h8-27,31-33,35-45H,2-6H2,1H3,(H,30,34)(H,46,47)/t8-,9+,10+,11+,12+,13+,14+,15-,16-,17+,18+,19+,20+,21+,22+,23-,24+,25+,26+,27-,29+/m0/s1. The molecule has 4 rings (SSSR count). The van der Waals surface area contributed by atoms with Gasteiger partial charge >= 0.3 is 5.97 Å². The molecule has 0 bridgehead atoms. The Hall–Kier alpha value is -1.90. The first-order chi connectivity index (χ1) is 25.3. The van der Waals surface area contributed by atoms with Gasteiger partial charge in [-0.2, -0.15) is 0 Å². The quantitative estimate of drug-likeness (QED) is 0.0776. The molecule has 54 heavy (non-hydrogen) atoms. The summed E-state index contributed by atoms with van der Waals surface area (Å²) in [6.45, 7) is -2.89. The molecule has 25 nitrogen and oxygen atoms in total. The molecule has 0 saturated carbocycles. The highest BCUT2D eigenvalue weighted by atomic mass is 16.8. The number of carbonyl (C=O) groups excluding carboxylic acids is 1. The van der Waals surface area contributed by atoms with E-state index in [-0.39, 0.29) is 0 Å². The molecule has 16 N–H and O–H groups in total. The number of aliphatic carboxylic acids is 1. The van der Waals surface area contributed by atoms with Gasteiger partial charge in [-0.3, -0.25) is 4.79 Å². The molecule has 0 aromatic rings. The number of carboxylic acid groups (broad SMARTS) is 1. The van der Waals surface area contributed by atoms with Gasteiger partial charge in [-0.25, -0.2) is 4.79 Å². The van der Waals surface area contributed by atoms with Crippen LogP contribution in [0.2, 0.25) is 0 Å².